The molecule has 2 aromatic carbocycles. The largest absolute Gasteiger partial charge is 0.372 e. The van der Waals surface area contributed by atoms with E-state index in [-0.39, 0.29) is 16.9 Å². The Balaban J connectivity index is 1.58. The molecule has 0 radical (unpaired) electrons. The van der Waals surface area contributed by atoms with Crippen LogP contribution in [0.3, 0.4) is 0 Å². The maximum Gasteiger partial charge on any atom is 0.256 e. The monoisotopic (exact) mass is 349 g/mol. The zero-order valence-corrected chi connectivity index (χ0v) is 14.9. The number of nitrogens with one attached hydrogen (secondary N) is 2. The Morgan fingerprint density at radius 3 is 2.58 bits per heavy atom. The normalized spacial score (nSPS) is 10.7. The molecule has 0 aliphatic rings. The van der Waals surface area contributed by atoms with E-state index in [1.54, 1.807) is 12.1 Å². The highest BCUT2D eigenvalue weighted by molar-refractivity contribution is 5.97. The lowest BCUT2D eigenvalue weighted by Crippen LogP contribution is -2.32. The average molecular weight is 349 g/mol. The molecule has 0 bridgehead atoms. The van der Waals surface area contributed by atoms with Gasteiger partial charge >= 0.3 is 0 Å². The van der Waals surface area contributed by atoms with Gasteiger partial charge in [-0.25, -0.2) is 0 Å². The number of carbonyl (C=O) groups is 1. The highest BCUT2D eigenvalue weighted by Gasteiger charge is 2.12. The van der Waals surface area contributed by atoms with Gasteiger partial charge in [-0.1, -0.05) is 30.3 Å². The molecule has 3 rings (SSSR count). The van der Waals surface area contributed by atoms with Crippen LogP contribution in [0.1, 0.15) is 23.7 Å². The van der Waals surface area contributed by atoms with Gasteiger partial charge in [-0.05, 0) is 37.6 Å². The van der Waals surface area contributed by atoms with E-state index in [9.17, 15) is 9.59 Å². The fourth-order valence-corrected chi connectivity index (χ4v) is 3.01. The van der Waals surface area contributed by atoms with Crippen molar-refractivity contribution in [1.29, 1.82) is 0 Å². The average Bonchev–Trinajstić information content (AvgIpc) is 2.69. The van der Waals surface area contributed by atoms with Crippen LogP contribution in [0.2, 0.25) is 0 Å². The second kappa shape index (κ2) is 8.34. The smallest absolute Gasteiger partial charge is 0.256 e. The van der Waals surface area contributed by atoms with Crippen LogP contribution >= 0.6 is 0 Å². The number of benzene rings is 2. The summed E-state index contributed by atoms with van der Waals surface area (Å²) in [6.07, 6.45) is 2.29. The number of hydrogen-bond donors (Lipinski definition) is 2. The maximum absolute atomic E-state index is 12.5. The summed E-state index contributed by atoms with van der Waals surface area (Å²) in [6.45, 7) is 4.38. The Morgan fingerprint density at radius 1 is 1.08 bits per heavy atom. The summed E-state index contributed by atoms with van der Waals surface area (Å²) in [5.41, 5.74) is 1.82. The summed E-state index contributed by atoms with van der Waals surface area (Å²) in [7, 11) is 0. The lowest BCUT2D eigenvalue weighted by atomic mass is 10.1. The Kier molecular flexibility index (Phi) is 5.69. The summed E-state index contributed by atoms with van der Waals surface area (Å²) in [6, 6.07) is 17.4. The van der Waals surface area contributed by atoms with Crippen LogP contribution in [-0.4, -0.2) is 30.5 Å². The molecule has 0 unspecified atom stereocenters. The molecule has 26 heavy (non-hydrogen) atoms. The highest BCUT2D eigenvalue weighted by atomic mass is 16.2. The zero-order valence-electron chi connectivity index (χ0n) is 14.9. The van der Waals surface area contributed by atoms with Crippen LogP contribution in [0.5, 0.6) is 0 Å². The molecule has 0 spiro atoms. The Morgan fingerprint density at radius 2 is 1.81 bits per heavy atom. The van der Waals surface area contributed by atoms with Gasteiger partial charge in [0.15, 0.2) is 0 Å². The first-order valence-electron chi connectivity index (χ1n) is 8.89. The third-order valence-corrected chi connectivity index (χ3v) is 4.43. The molecule has 5 heteroatoms. The maximum atomic E-state index is 12.5. The third kappa shape index (κ3) is 3.94. The number of amides is 1. The molecule has 0 atom stereocenters. The second-order valence-electron chi connectivity index (χ2n) is 6.10. The van der Waals surface area contributed by atoms with E-state index in [1.807, 2.05) is 30.3 Å². The highest BCUT2D eigenvalue weighted by Crippen LogP contribution is 2.12. The van der Waals surface area contributed by atoms with Crippen molar-refractivity contribution in [2.75, 3.05) is 24.5 Å². The molecule has 1 amide bonds. The first kappa shape index (κ1) is 17.7. The predicted octanol–water partition coefficient (Wildman–Crippen LogP) is 3.17. The van der Waals surface area contributed by atoms with E-state index in [2.05, 4.69) is 34.3 Å². The Labute approximate surface area is 152 Å². The Bertz CT molecular complexity index is 935. The van der Waals surface area contributed by atoms with Crippen molar-refractivity contribution in [3.8, 4) is 0 Å². The van der Waals surface area contributed by atoms with Crippen LogP contribution in [0.4, 0.5) is 5.69 Å². The van der Waals surface area contributed by atoms with Gasteiger partial charge in [0.1, 0.15) is 5.56 Å². The number of carbonyl (C=O) groups excluding carboxylic acids is 1. The van der Waals surface area contributed by atoms with Crippen molar-refractivity contribution in [2.45, 2.75) is 13.3 Å². The molecule has 3 aromatic rings. The van der Waals surface area contributed by atoms with Crippen molar-refractivity contribution in [3.63, 3.8) is 0 Å². The van der Waals surface area contributed by atoms with Crippen LogP contribution < -0.4 is 15.6 Å². The lowest BCUT2D eigenvalue weighted by molar-refractivity contribution is 0.0952. The van der Waals surface area contributed by atoms with Gasteiger partial charge in [0.05, 0.1) is 0 Å². The quantitative estimate of drug-likeness (QED) is 0.644. The number of H-pyrrole nitrogens is 1. The number of hydrogen-bond acceptors (Lipinski definition) is 3. The topological polar surface area (TPSA) is 65.2 Å². The minimum absolute atomic E-state index is 0.152. The van der Waals surface area contributed by atoms with Crippen LogP contribution in [0.15, 0.2) is 65.6 Å². The second-order valence-corrected chi connectivity index (χ2v) is 6.10. The molecular formula is C21H23N3O2. The van der Waals surface area contributed by atoms with Gasteiger partial charge in [-0.2, -0.15) is 0 Å². The number of rotatable bonds is 7. The van der Waals surface area contributed by atoms with Crippen molar-refractivity contribution < 1.29 is 4.79 Å². The summed E-state index contributed by atoms with van der Waals surface area (Å²) in [4.78, 5) is 30.1. The van der Waals surface area contributed by atoms with E-state index in [0.29, 0.717) is 11.9 Å². The van der Waals surface area contributed by atoms with Crippen molar-refractivity contribution in [1.82, 2.24) is 10.3 Å². The molecule has 134 valence electrons. The first-order valence-corrected chi connectivity index (χ1v) is 8.89. The van der Waals surface area contributed by atoms with Crippen LogP contribution in [0.25, 0.3) is 10.9 Å². The van der Waals surface area contributed by atoms with Crippen molar-refractivity contribution in [2.24, 2.45) is 0 Å². The molecule has 1 aromatic heterocycles. The van der Waals surface area contributed by atoms with Gasteiger partial charge in [0.2, 0.25) is 5.43 Å². The van der Waals surface area contributed by atoms with E-state index in [0.717, 1.165) is 25.0 Å². The van der Waals surface area contributed by atoms with Crippen LogP contribution in [-0.2, 0) is 0 Å². The van der Waals surface area contributed by atoms with E-state index in [1.165, 1.54) is 11.9 Å². The standard InChI is InChI=1S/C21H23N3O2/c1-2-24(16-9-4-3-5-10-16)14-8-13-22-21(26)18-15-23-19-12-7-6-11-17(19)20(18)25/h3-7,9-12,15H,2,8,13-14H2,1H3,(H,22,26)(H,23,25). The van der Waals surface area contributed by atoms with Gasteiger partial charge in [-0.3, -0.25) is 9.59 Å². The van der Waals surface area contributed by atoms with Gasteiger partial charge < -0.3 is 15.2 Å². The minimum atomic E-state index is -0.334. The van der Waals surface area contributed by atoms with E-state index < -0.39 is 0 Å². The number of anilines is 1. The fourth-order valence-electron chi connectivity index (χ4n) is 3.01. The third-order valence-electron chi connectivity index (χ3n) is 4.43. The molecular weight excluding hydrogens is 326 g/mol. The molecule has 0 saturated carbocycles. The number of pyridine rings is 1. The number of aromatic nitrogens is 1. The fraction of sp³-hybridized carbons (Fsp3) is 0.238. The summed E-state index contributed by atoms with van der Waals surface area (Å²) >= 11 is 0. The number of aromatic amines is 1. The van der Waals surface area contributed by atoms with E-state index in [4.69, 9.17) is 0 Å². The molecule has 0 saturated heterocycles. The number of fused-ring (bicyclic) bond motifs is 1. The van der Waals surface area contributed by atoms with Crippen molar-refractivity contribution >= 4 is 22.5 Å². The van der Waals surface area contributed by atoms with E-state index >= 15 is 0 Å². The SMILES string of the molecule is CCN(CCCNC(=O)c1c[nH]c2ccccc2c1=O)c1ccccc1. The first-order chi connectivity index (χ1) is 12.7. The molecule has 1 heterocycles. The summed E-state index contributed by atoms with van der Waals surface area (Å²) in [5.74, 6) is -0.334. The summed E-state index contributed by atoms with van der Waals surface area (Å²) < 4.78 is 0. The lowest BCUT2D eigenvalue weighted by Gasteiger charge is -2.23. The van der Waals surface area contributed by atoms with Gasteiger partial charge in [0.25, 0.3) is 5.91 Å². The minimum Gasteiger partial charge on any atom is -0.372 e. The molecule has 2 N–H and O–H groups in total. The molecule has 0 fully saturated rings. The molecule has 0 aliphatic carbocycles. The molecule has 5 nitrogen and oxygen atoms in total. The number of nitrogens with zero attached hydrogens (tertiary/aromatic N) is 1. The van der Waals surface area contributed by atoms with Gasteiger partial charge in [0, 0.05) is 42.4 Å². The van der Waals surface area contributed by atoms with Crippen LogP contribution in [0, 0.1) is 0 Å². The zero-order chi connectivity index (χ0) is 18.4. The summed E-state index contributed by atoms with van der Waals surface area (Å²) in [5, 5.41) is 3.38. The van der Waals surface area contributed by atoms with Gasteiger partial charge in [-0.15, -0.1) is 0 Å². The Hall–Kier alpha value is -3.08. The number of para-hydroxylation sites is 2. The molecule has 0 aliphatic heterocycles. The predicted molar refractivity (Wildman–Crippen MR) is 106 cm³/mol. The van der Waals surface area contributed by atoms with Crippen molar-refractivity contribution in [3.05, 3.63) is 76.6 Å².